The van der Waals surface area contributed by atoms with E-state index in [1.54, 1.807) is 0 Å². The van der Waals surface area contributed by atoms with Crippen molar-refractivity contribution in [3.05, 3.63) is 24.0 Å². The van der Waals surface area contributed by atoms with Crippen LogP contribution in [0.5, 0.6) is 0 Å². The van der Waals surface area contributed by atoms with Crippen LogP contribution in [-0.2, 0) is 10.0 Å². The van der Waals surface area contributed by atoms with Gasteiger partial charge in [0, 0.05) is 18.8 Å². The van der Waals surface area contributed by atoms with Gasteiger partial charge >= 0.3 is 0 Å². The number of nitriles is 1. The third-order valence-electron chi connectivity index (χ3n) is 3.50. The Morgan fingerprint density at radius 3 is 2.95 bits per heavy atom. The van der Waals surface area contributed by atoms with E-state index in [-0.39, 0.29) is 17.2 Å². The highest BCUT2D eigenvalue weighted by atomic mass is 32.2. The monoisotopic (exact) mass is 295 g/mol. The minimum Gasteiger partial charge on any atom is -0.395 e. The van der Waals surface area contributed by atoms with E-state index in [2.05, 4.69) is 4.98 Å². The van der Waals surface area contributed by atoms with Gasteiger partial charge in [-0.15, -0.1) is 0 Å². The zero-order valence-electron chi connectivity index (χ0n) is 11.1. The average molecular weight is 295 g/mol. The van der Waals surface area contributed by atoms with Crippen LogP contribution in [0.2, 0.25) is 0 Å². The van der Waals surface area contributed by atoms with Crippen molar-refractivity contribution in [3.8, 4) is 6.07 Å². The second-order valence-electron chi connectivity index (χ2n) is 4.76. The molecule has 0 saturated carbocycles. The average Bonchev–Trinajstić information content (AvgIpc) is 2.72. The summed E-state index contributed by atoms with van der Waals surface area (Å²) in [6.07, 6.45) is 4.63. The Morgan fingerprint density at radius 1 is 1.45 bits per heavy atom. The number of pyridine rings is 1. The van der Waals surface area contributed by atoms with Gasteiger partial charge in [-0.1, -0.05) is 12.8 Å². The molecule has 1 atom stereocenters. The molecule has 108 valence electrons. The number of aliphatic hydroxyl groups excluding tert-OH is 1. The SMILES string of the molecule is N#Cc1ncccc1S(=O)(=O)N1CCCCCC1CO. The van der Waals surface area contributed by atoms with Crippen LogP contribution in [0.1, 0.15) is 31.4 Å². The smallest absolute Gasteiger partial charge is 0.246 e. The Morgan fingerprint density at radius 2 is 2.25 bits per heavy atom. The summed E-state index contributed by atoms with van der Waals surface area (Å²) in [5, 5.41) is 18.5. The molecule has 20 heavy (non-hydrogen) atoms. The predicted molar refractivity (Wildman–Crippen MR) is 72.2 cm³/mol. The number of sulfonamides is 1. The second kappa shape index (κ2) is 6.31. The van der Waals surface area contributed by atoms with Gasteiger partial charge in [-0.05, 0) is 25.0 Å². The molecule has 2 heterocycles. The van der Waals surface area contributed by atoms with Gasteiger partial charge in [0.15, 0.2) is 5.69 Å². The Hall–Kier alpha value is -1.49. The fraction of sp³-hybridized carbons (Fsp3) is 0.538. The molecule has 1 aliphatic rings. The Kier molecular flexibility index (Phi) is 4.70. The molecule has 1 unspecified atom stereocenters. The summed E-state index contributed by atoms with van der Waals surface area (Å²) >= 11 is 0. The zero-order valence-corrected chi connectivity index (χ0v) is 11.9. The second-order valence-corrected chi connectivity index (χ2v) is 6.62. The molecule has 7 heteroatoms. The summed E-state index contributed by atoms with van der Waals surface area (Å²) in [7, 11) is -3.80. The minimum absolute atomic E-state index is 0.0807. The first-order valence-electron chi connectivity index (χ1n) is 6.59. The van der Waals surface area contributed by atoms with Crippen LogP contribution in [0.15, 0.2) is 23.2 Å². The van der Waals surface area contributed by atoms with Gasteiger partial charge in [0.2, 0.25) is 10.0 Å². The highest BCUT2D eigenvalue weighted by Crippen LogP contribution is 2.25. The zero-order chi connectivity index (χ0) is 14.6. The van der Waals surface area contributed by atoms with Crippen LogP contribution in [0.4, 0.5) is 0 Å². The van der Waals surface area contributed by atoms with E-state index in [4.69, 9.17) is 5.26 Å². The molecule has 1 aromatic rings. The van der Waals surface area contributed by atoms with Crippen LogP contribution in [0.3, 0.4) is 0 Å². The number of nitrogens with zero attached hydrogens (tertiary/aromatic N) is 3. The van der Waals surface area contributed by atoms with Crippen LogP contribution in [0, 0.1) is 11.3 Å². The fourth-order valence-corrected chi connectivity index (χ4v) is 4.24. The molecule has 2 rings (SSSR count). The normalized spacial score (nSPS) is 21.1. The molecule has 1 N–H and O–H groups in total. The third kappa shape index (κ3) is 2.82. The van der Waals surface area contributed by atoms with Crippen molar-refractivity contribution in [1.29, 1.82) is 5.26 Å². The van der Waals surface area contributed by atoms with E-state index >= 15 is 0 Å². The number of hydrogen-bond donors (Lipinski definition) is 1. The van der Waals surface area contributed by atoms with E-state index in [9.17, 15) is 13.5 Å². The van der Waals surface area contributed by atoms with Gasteiger partial charge in [-0.3, -0.25) is 0 Å². The predicted octanol–water partition coefficient (Wildman–Crippen LogP) is 0.879. The van der Waals surface area contributed by atoms with Crippen molar-refractivity contribution < 1.29 is 13.5 Å². The maximum atomic E-state index is 12.7. The highest BCUT2D eigenvalue weighted by molar-refractivity contribution is 7.89. The highest BCUT2D eigenvalue weighted by Gasteiger charge is 2.33. The molecule has 0 aromatic carbocycles. The van der Waals surface area contributed by atoms with Crippen LogP contribution in [0.25, 0.3) is 0 Å². The lowest BCUT2D eigenvalue weighted by Crippen LogP contribution is -2.42. The van der Waals surface area contributed by atoms with E-state index < -0.39 is 16.1 Å². The standard InChI is InChI=1S/C13H17N3O3S/c14-9-12-13(6-4-7-15-12)20(18,19)16-8-3-1-2-5-11(16)10-17/h4,6-7,11,17H,1-3,5,8,10H2. The summed E-state index contributed by atoms with van der Waals surface area (Å²) < 4.78 is 26.7. The summed E-state index contributed by atoms with van der Waals surface area (Å²) in [5.74, 6) is 0. The minimum atomic E-state index is -3.80. The molecule has 0 amide bonds. The van der Waals surface area contributed by atoms with Crippen molar-refractivity contribution >= 4 is 10.0 Å². The first kappa shape index (κ1) is 14.9. The topological polar surface area (TPSA) is 94.3 Å². The Labute approximate surface area is 118 Å². The summed E-state index contributed by atoms with van der Waals surface area (Å²) in [5.41, 5.74) is -0.103. The van der Waals surface area contributed by atoms with Gasteiger partial charge in [-0.2, -0.15) is 9.57 Å². The van der Waals surface area contributed by atoms with E-state index in [0.717, 1.165) is 19.3 Å². The van der Waals surface area contributed by atoms with Gasteiger partial charge in [0.25, 0.3) is 0 Å². The number of rotatable bonds is 3. The maximum absolute atomic E-state index is 12.7. The molecule has 1 fully saturated rings. The molecule has 1 saturated heterocycles. The van der Waals surface area contributed by atoms with Crippen molar-refractivity contribution in [2.24, 2.45) is 0 Å². The lowest BCUT2D eigenvalue weighted by Gasteiger charge is -2.27. The van der Waals surface area contributed by atoms with Crippen LogP contribution < -0.4 is 0 Å². The Bertz CT molecular complexity index is 610. The molecule has 6 nitrogen and oxygen atoms in total. The van der Waals surface area contributed by atoms with Crippen LogP contribution >= 0.6 is 0 Å². The first-order chi connectivity index (χ1) is 9.61. The number of aromatic nitrogens is 1. The van der Waals surface area contributed by atoms with Gasteiger partial charge in [0.05, 0.1) is 6.61 Å². The number of aliphatic hydroxyl groups is 1. The van der Waals surface area contributed by atoms with Crippen molar-refractivity contribution in [2.45, 2.75) is 36.6 Å². The lowest BCUT2D eigenvalue weighted by atomic mass is 10.1. The molecular weight excluding hydrogens is 278 g/mol. The van der Waals surface area contributed by atoms with Gasteiger partial charge in [-0.25, -0.2) is 13.4 Å². The summed E-state index contributed by atoms with van der Waals surface area (Å²) in [6.45, 7) is 0.161. The summed E-state index contributed by atoms with van der Waals surface area (Å²) in [4.78, 5) is 3.72. The van der Waals surface area contributed by atoms with E-state index in [1.807, 2.05) is 6.07 Å². The van der Waals surface area contributed by atoms with Crippen LogP contribution in [-0.4, -0.2) is 42.0 Å². The molecular formula is C13H17N3O3S. The van der Waals surface area contributed by atoms with Crippen molar-refractivity contribution in [1.82, 2.24) is 9.29 Å². The van der Waals surface area contributed by atoms with Gasteiger partial charge in [0.1, 0.15) is 11.0 Å². The largest absolute Gasteiger partial charge is 0.395 e. The maximum Gasteiger partial charge on any atom is 0.246 e. The first-order valence-corrected chi connectivity index (χ1v) is 8.03. The molecule has 0 spiro atoms. The fourth-order valence-electron chi connectivity index (χ4n) is 2.46. The summed E-state index contributed by atoms with van der Waals surface area (Å²) in [6, 6.07) is 4.28. The number of hydrogen-bond acceptors (Lipinski definition) is 5. The molecule has 1 aliphatic heterocycles. The lowest BCUT2D eigenvalue weighted by molar-refractivity contribution is 0.186. The van der Waals surface area contributed by atoms with Crippen molar-refractivity contribution in [2.75, 3.05) is 13.2 Å². The van der Waals surface area contributed by atoms with Gasteiger partial charge < -0.3 is 5.11 Å². The molecule has 1 aromatic heterocycles. The third-order valence-corrected chi connectivity index (χ3v) is 5.48. The van der Waals surface area contributed by atoms with E-state index in [1.165, 1.54) is 22.6 Å². The quantitative estimate of drug-likeness (QED) is 0.893. The molecule has 0 radical (unpaired) electrons. The van der Waals surface area contributed by atoms with E-state index in [0.29, 0.717) is 13.0 Å². The Balaban J connectivity index is 2.45. The molecule has 0 aliphatic carbocycles. The van der Waals surface area contributed by atoms with Crippen molar-refractivity contribution in [3.63, 3.8) is 0 Å². The molecule has 0 bridgehead atoms.